The number of nitriles is 2. The van der Waals surface area contributed by atoms with E-state index in [1.165, 1.54) is 7.11 Å². The molecule has 1 saturated carbocycles. The van der Waals surface area contributed by atoms with Gasteiger partial charge in [0.05, 0.1) is 19.2 Å². The summed E-state index contributed by atoms with van der Waals surface area (Å²) in [6.07, 6.45) is 0.802. The van der Waals surface area contributed by atoms with Crippen LogP contribution >= 0.6 is 0 Å². The number of allylic oxidation sites excluding steroid dienone is 1. The number of hydrogen-bond acceptors (Lipinski definition) is 4. The highest BCUT2D eigenvalue weighted by Gasteiger charge is 2.54. The van der Waals surface area contributed by atoms with E-state index in [-0.39, 0.29) is 18.8 Å². The van der Waals surface area contributed by atoms with Crippen LogP contribution in [0.15, 0.2) is 72.8 Å². The smallest absolute Gasteiger partial charge is 0.317 e. The van der Waals surface area contributed by atoms with Crippen molar-refractivity contribution in [1.29, 1.82) is 10.5 Å². The average Bonchev–Trinajstić information content (AvgIpc) is 2.89. The standard InChI is InChI=1S/C24H22N2O2/c1-18-13-23(16-25,17-26)15-21(19-9-5-3-6-10-19)24(14-18,22(27)28-2)20-11-7-4-8-12-20/h3-12,21H,1,13-15H2,2H3/t21-,24+/m1/s1. The first kappa shape index (κ1) is 19.4. The van der Waals surface area contributed by atoms with Crippen molar-refractivity contribution in [2.24, 2.45) is 5.41 Å². The molecule has 0 radical (unpaired) electrons. The molecule has 0 unspecified atom stereocenters. The van der Waals surface area contributed by atoms with Gasteiger partial charge in [-0.1, -0.05) is 72.8 Å². The minimum absolute atomic E-state index is 0.229. The topological polar surface area (TPSA) is 73.9 Å². The number of methoxy groups -OCH3 is 1. The Morgan fingerprint density at radius 3 is 2.14 bits per heavy atom. The lowest BCUT2D eigenvalue weighted by Gasteiger charge is -2.39. The fourth-order valence-corrected chi connectivity index (χ4v) is 4.44. The van der Waals surface area contributed by atoms with Crippen LogP contribution in [-0.2, 0) is 14.9 Å². The van der Waals surface area contributed by atoms with Crippen molar-refractivity contribution < 1.29 is 9.53 Å². The van der Waals surface area contributed by atoms with E-state index in [4.69, 9.17) is 4.74 Å². The second-order valence-corrected chi connectivity index (χ2v) is 7.41. The summed E-state index contributed by atoms with van der Waals surface area (Å²) in [5, 5.41) is 19.7. The van der Waals surface area contributed by atoms with Gasteiger partial charge in [-0.2, -0.15) is 10.5 Å². The average molecular weight is 370 g/mol. The van der Waals surface area contributed by atoms with Gasteiger partial charge >= 0.3 is 5.97 Å². The first-order valence-corrected chi connectivity index (χ1v) is 9.19. The molecule has 140 valence electrons. The SMILES string of the molecule is C=C1CC(C#N)(C#N)C[C@H](c2ccccc2)[C@@](C(=O)OC)(c2ccccc2)C1. The van der Waals surface area contributed by atoms with E-state index in [0.29, 0.717) is 12.0 Å². The van der Waals surface area contributed by atoms with Gasteiger partial charge in [-0.05, 0) is 30.4 Å². The van der Waals surface area contributed by atoms with Crippen molar-refractivity contribution in [1.82, 2.24) is 0 Å². The maximum Gasteiger partial charge on any atom is 0.317 e. The van der Waals surface area contributed by atoms with Crippen molar-refractivity contribution in [2.75, 3.05) is 7.11 Å². The first-order valence-electron chi connectivity index (χ1n) is 9.19. The maximum absolute atomic E-state index is 13.3. The zero-order valence-corrected chi connectivity index (χ0v) is 15.9. The van der Waals surface area contributed by atoms with Crippen LogP contribution in [0, 0.1) is 28.1 Å². The monoisotopic (exact) mass is 370 g/mol. The molecule has 0 N–H and O–H groups in total. The van der Waals surface area contributed by atoms with Crippen LogP contribution in [0.5, 0.6) is 0 Å². The lowest BCUT2D eigenvalue weighted by molar-refractivity contribution is -0.148. The molecule has 2 aromatic carbocycles. The van der Waals surface area contributed by atoms with Gasteiger partial charge < -0.3 is 4.74 Å². The van der Waals surface area contributed by atoms with Crippen molar-refractivity contribution in [3.8, 4) is 12.1 Å². The highest BCUT2D eigenvalue weighted by atomic mass is 16.5. The van der Waals surface area contributed by atoms with E-state index >= 15 is 0 Å². The van der Waals surface area contributed by atoms with Crippen LogP contribution in [0.25, 0.3) is 0 Å². The summed E-state index contributed by atoms with van der Waals surface area (Å²) < 4.78 is 5.29. The van der Waals surface area contributed by atoms with Crippen molar-refractivity contribution in [3.05, 3.63) is 83.9 Å². The van der Waals surface area contributed by atoms with E-state index in [1.807, 2.05) is 60.7 Å². The Morgan fingerprint density at radius 1 is 1.04 bits per heavy atom. The Bertz CT molecular complexity index is 940. The number of esters is 1. The molecule has 1 aliphatic rings. The third-order valence-electron chi connectivity index (χ3n) is 5.70. The van der Waals surface area contributed by atoms with Crippen LogP contribution in [0.4, 0.5) is 0 Å². The Labute approximate surface area is 165 Å². The fourth-order valence-electron chi connectivity index (χ4n) is 4.44. The van der Waals surface area contributed by atoms with Crippen molar-refractivity contribution in [2.45, 2.75) is 30.6 Å². The van der Waals surface area contributed by atoms with Crippen LogP contribution < -0.4 is 0 Å². The normalized spacial score (nSPS) is 23.7. The number of carbonyl (C=O) groups is 1. The van der Waals surface area contributed by atoms with Gasteiger partial charge in [-0.25, -0.2) is 0 Å². The van der Waals surface area contributed by atoms with Gasteiger partial charge in [-0.15, -0.1) is 0 Å². The molecule has 2 aromatic rings. The van der Waals surface area contributed by atoms with E-state index < -0.39 is 16.7 Å². The van der Waals surface area contributed by atoms with Crippen molar-refractivity contribution >= 4 is 5.97 Å². The predicted molar refractivity (Wildman–Crippen MR) is 106 cm³/mol. The molecular weight excluding hydrogens is 348 g/mol. The zero-order valence-electron chi connectivity index (χ0n) is 15.9. The molecule has 0 spiro atoms. The largest absolute Gasteiger partial charge is 0.468 e. The number of rotatable bonds is 3. The Morgan fingerprint density at radius 2 is 1.61 bits per heavy atom. The summed E-state index contributed by atoms with van der Waals surface area (Å²) in [4.78, 5) is 13.3. The number of nitrogens with zero attached hydrogens (tertiary/aromatic N) is 2. The summed E-state index contributed by atoms with van der Waals surface area (Å²) in [5.74, 6) is -0.775. The molecule has 4 heteroatoms. The summed E-state index contributed by atoms with van der Waals surface area (Å²) >= 11 is 0. The molecule has 3 rings (SSSR count). The predicted octanol–water partition coefficient (Wildman–Crippen LogP) is 4.65. The van der Waals surface area contributed by atoms with E-state index in [1.54, 1.807) is 0 Å². The summed E-state index contributed by atoms with van der Waals surface area (Å²) in [5.41, 5.74) is 0.132. The maximum atomic E-state index is 13.3. The number of carbonyl (C=O) groups excluding carboxylic acids is 1. The molecule has 4 nitrogen and oxygen atoms in total. The Balaban J connectivity index is 2.33. The number of benzene rings is 2. The van der Waals surface area contributed by atoms with E-state index in [2.05, 4.69) is 18.7 Å². The first-order chi connectivity index (χ1) is 13.5. The molecule has 2 atom stereocenters. The Kier molecular flexibility index (Phi) is 5.34. The molecule has 0 saturated heterocycles. The van der Waals surface area contributed by atoms with Gasteiger partial charge in [0, 0.05) is 5.92 Å². The molecular formula is C24H22N2O2. The third-order valence-corrected chi connectivity index (χ3v) is 5.70. The lowest BCUT2D eigenvalue weighted by atomic mass is 9.63. The fraction of sp³-hybridized carbons (Fsp3) is 0.292. The molecule has 0 amide bonds. The number of hydrogen-bond donors (Lipinski definition) is 0. The minimum atomic E-state index is -1.23. The summed E-state index contributed by atoms with van der Waals surface area (Å²) in [6.45, 7) is 4.12. The Hall–Kier alpha value is -3.37. The van der Waals surface area contributed by atoms with Crippen molar-refractivity contribution in [3.63, 3.8) is 0 Å². The van der Waals surface area contributed by atoms with Gasteiger partial charge in [-0.3, -0.25) is 4.79 Å². The lowest BCUT2D eigenvalue weighted by Crippen LogP contribution is -2.43. The highest BCUT2D eigenvalue weighted by Crippen LogP contribution is 2.54. The molecule has 0 bridgehead atoms. The van der Waals surface area contributed by atoms with Crippen LogP contribution in [0.1, 0.15) is 36.3 Å². The van der Waals surface area contributed by atoms with Gasteiger partial charge in [0.2, 0.25) is 0 Å². The van der Waals surface area contributed by atoms with Crippen LogP contribution in [-0.4, -0.2) is 13.1 Å². The molecule has 28 heavy (non-hydrogen) atoms. The highest BCUT2D eigenvalue weighted by molar-refractivity contribution is 5.85. The second-order valence-electron chi connectivity index (χ2n) is 7.41. The quantitative estimate of drug-likeness (QED) is 0.448. The number of ether oxygens (including phenoxy) is 1. The third kappa shape index (κ3) is 3.19. The zero-order chi connectivity index (χ0) is 20.2. The van der Waals surface area contributed by atoms with Gasteiger partial charge in [0.25, 0.3) is 0 Å². The molecule has 0 aromatic heterocycles. The summed E-state index contributed by atoms with van der Waals surface area (Å²) in [6, 6.07) is 23.5. The molecule has 1 fully saturated rings. The molecule has 1 aliphatic carbocycles. The van der Waals surface area contributed by atoms with Crippen LogP contribution in [0.2, 0.25) is 0 Å². The van der Waals surface area contributed by atoms with Gasteiger partial charge in [0.1, 0.15) is 10.8 Å². The van der Waals surface area contributed by atoms with E-state index in [0.717, 1.165) is 11.1 Å². The molecule has 0 aliphatic heterocycles. The summed E-state index contributed by atoms with van der Waals surface area (Å²) in [7, 11) is 1.38. The molecule has 0 heterocycles. The van der Waals surface area contributed by atoms with E-state index in [9.17, 15) is 15.3 Å². The van der Waals surface area contributed by atoms with Crippen LogP contribution in [0.3, 0.4) is 0 Å². The second kappa shape index (κ2) is 7.71. The van der Waals surface area contributed by atoms with Gasteiger partial charge in [0.15, 0.2) is 0 Å². The minimum Gasteiger partial charge on any atom is -0.468 e.